The molecular weight excluding hydrogens is 184 g/mol. The molecule has 0 spiro atoms. The van der Waals surface area contributed by atoms with Crippen molar-refractivity contribution in [3.63, 3.8) is 0 Å². The van der Waals surface area contributed by atoms with Crippen LogP contribution in [0.25, 0.3) is 0 Å². The van der Waals surface area contributed by atoms with Gasteiger partial charge in [0.05, 0.1) is 10.7 Å². The van der Waals surface area contributed by atoms with Crippen LogP contribution in [-0.4, -0.2) is 23.2 Å². The number of thiazole rings is 1. The molecule has 1 aromatic heterocycles. The Morgan fingerprint density at radius 1 is 1.54 bits per heavy atom. The predicted molar refractivity (Wildman–Crippen MR) is 54.9 cm³/mol. The minimum absolute atomic E-state index is 0.289. The summed E-state index contributed by atoms with van der Waals surface area (Å²) in [5, 5.41) is 15.0. The fourth-order valence-corrected chi connectivity index (χ4v) is 1.68. The molecule has 4 heteroatoms. The summed E-state index contributed by atoms with van der Waals surface area (Å²) in [6, 6.07) is 0. The summed E-state index contributed by atoms with van der Waals surface area (Å²) < 4.78 is 0. The molecule has 0 radical (unpaired) electrons. The minimum Gasteiger partial charge on any atom is -0.396 e. The average Bonchev–Trinajstić information content (AvgIpc) is 2.51. The summed E-state index contributed by atoms with van der Waals surface area (Å²) in [6.45, 7) is 4.10. The number of aryl methyl sites for hydroxylation is 1. The highest BCUT2D eigenvalue weighted by Crippen LogP contribution is 2.06. The van der Waals surface area contributed by atoms with Crippen molar-refractivity contribution in [1.29, 1.82) is 0 Å². The van der Waals surface area contributed by atoms with Gasteiger partial charge >= 0.3 is 0 Å². The van der Waals surface area contributed by atoms with E-state index in [1.807, 2.05) is 6.92 Å². The number of nitrogens with one attached hydrogen (secondary N) is 1. The fraction of sp³-hybridized carbons (Fsp3) is 0.667. The van der Waals surface area contributed by atoms with Crippen molar-refractivity contribution in [3.8, 4) is 0 Å². The maximum atomic E-state index is 8.55. The first-order valence-electron chi connectivity index (χ1n) is 4.55. The Hall–Kier alpha value is -0.450. The first-order chi connectivity index (χ1) is 6.33. The maximum Gasteiger partial charge on any atom is 0.0897 e. The van der Waals surface area contributed by atoms with Crippen molar-refractivity contribution in [1.82, 2.24) is 10.3 Å². The lowest BCUT2D eigenvalue weighted by Crippen LogP contribution is -2.15. The Morgan fingerprint density at radius 3 is 3.00 bits per heavy atom. The van der Waals surface area contributed by atoms with Gasteiger partial charge in [0.15, 0.2) is 0 Å². The van der Waals surface area contributed by atoms with E-state index in [1.165, 1.54) is 0 Å². The number of nitrogens with zero attached hydrogens (tertiary/aromatic N) is 1. The molecular formula is C9H16N2OS. The van der Waals surface area contributed by atoms with Crippen LogP contribution in [0.15, 0.2) is 5.38 Å². The van der Waals surface area contributed by atoms with Crippen LogP contribution in [0, 0.1) is 6.92 Å². The zero-order valence-electron chi connectivity index (χ0n) is 7.92. The van der Waals surface area contributed by atoms with Crippen molar-refractivity contribution in [3.05, 3.63) is 16.1 Å². The molecule has 2 N–H and O–H groups in total. The molecule has 0 unspecified atom stereocenters. The smallest absolute Gasteiger partial charge is 0.0897 e. The van der Waals surface area contributed by atoms with Gasteiger partial charge in [-0.05, 0) is 26.3 Å². The van der Waals surface area contributed by atoms with Crippen LogP contribution in [0.4, 0.5) is 0 Å². The van der Waals surface area contributed by atoms with Crippen LogP contribution in [0.1, 0.15) is 23.5 Å². The number of hydrogen-bond acceptors (Lipinski definition) is 4. The second-order valence-corrected chi connectivity index (χ2v) is 4.03. The number of aliphatic hydroxyl groups excluding tert-OH is 1. The average molecular weight is 200 g/mol. The van der Waals surface area contributed by atoms with Gasteiger partial charge in [0, 0.05) is 18.5 Å². The molecule has 3 nitrogen and oxygen atoms in total. The van der Waals surface area contributed by atoms with Gasteiger partial charge in [-0.15, -0.1) is 11.3 Å². The molecule has 1 heterocycles. The largest absolute Gasteiger partial charge is 0.396 e. The summed E-state index contributed by atoms with van der Waals surface area (Å²) >= 11 is 1.68. The Labute approximate surface area is 82.8 Å². The maximum absolute atomic E-state index is 8.55. The summed E-state index contributed by atoms with van der Waals surface area (Å²) in [5.41, 5.74) is 1.12. The Kier molecular flexibility index (Phi) is 4.97. The highest BCUT2D eigenvalue weighted by Gasteiger charge is 1.96. The van der Waals surface area contributed by atoms with Crippen molar-refractivity contribution in [2.75, 3.05) is 13.2 Å². The fourth-order valence-electron chi connectivity index (χ4n) is 1.07. The Bertz CT molecular complexity index is 237. The number of unbranched alkanes of at least 4 members (excludes halogenated alkanes) is 1. The molecule has 0 aliphatic rings. The number of rotatable bonds is 6. The van der Waals surface area contributed by atoms with Crippen LogP contribution in [0.2, 0.25) is 0 Å². The van der Waals surface area contributed by atoms with Crippen LogP contribution >= 0.6 is 11.3 Å². The second kappa shape index (κ2) is 6.07. The van der Waals surface area contributed by atoms with E-state index in [4.69, 9.17) is 5.11 Å². The van der Waals surface area contributed by atoms with Crippen LogP contribution in [0.3, 0.4) is 0 Å². The summed E-state index contributed by atoms with van der Waals surface area (Å²) in [4.78, 5) is 4.34. The topological polar surface area (TPSA) is 45.2 Å². The molecule has 0 fully saturated rings. The van der Waals surface area contributed by atoms with Gasteiger partial charge in [-0.25, -0.2) is 4.98 Å². The molecule has 0 aromatic carbocycles. The van der Waals surface area contributed by atoms with Gasteiger partial charge in [-0.1, -0.05) is 0 Å². The van der Waals surface area contributed by atoms with Crippen LogP contribution in [-0.2, 0) is 6.54 Å². The first-order valence-corrected chi connectivity index (χ1v) is 5.43. The SMILES string of the molecule is Cc1nc(CNCCCCO)cs1. The van der Waals surface area contributed by atoms with Gasteiger partial charge in [0.25, 0.3) is 0 Å². The van der Waals surface area contributed by atoms with E-state index in [1.54, 1.807) is 11.3 Å². The molecule has 0 aliphatic heterocycles. The van der Waals surface area contributed by atoms with E-state index in [0.717, 1.165) is 36.6 Å². The number of aliphatic hydroxyl groups is 1. The zero-order chi connectivity index (χ0) is 9.52. The van der Waals surface area contributed by atoms with Gasteiger partial charge in [-0.3, -0.25) is 0 Å². The zero-order valence-corrected chi connectivity index (χ0v) is 8.73. The van der Waals surface area contributed by atoms with E-state index < -0.39 is 0 Å². The third kappa shape index (κ3) is 4.36. The lowest BCUT2D eigenvalue weighted by Gasteiger charge is -2.00. The van der Waals surface area contributed by atoms with Crippen LogP contribution in [0.5, 0.6) is 0 Å². The first kappa shape index (κ1) is 10.6. The molecule has 0 saturated carbocycles. The van der Waals surface area contributed by atoms with Crippen molar-refractivity contribution < 1.29 is 5.11 Å². The molecule has 74 valence electrons. The van der Waals surface area contributed by atoms with Gasteiger partial charge in [-0.2, -0.15) is 0 Å². The Morgan fingerprint density at radius 2 is 2.38 bits per heavy atom. The molecule has 13 heavy (non-hydrogen) atoms. The highest BCUT2D eigenvalue weighted by atomic mass is 32.1. The lowest BCUT2D eigenvalue weighted by atomic mass is 10.3. The summed E-state index contributed by atoms with van der Waals surface area (Å²) in [6.07, 6.45) is 1.91. The third-order valence-corrected chi connectivity index (χ3v) is 2.56. The highest BCUT2D eigenvalue weighted by molar-refractivity contribution is 7.09. The monoisotopic (exact) mass is 200 g/mol. The second-order valence-electron chi connectivity index (χ2n) is 2.97. The van der Waals surface area contributed by atoms with Crippen molar-refractivity contribution in [2.45, 2.75) is 26.3 Å². The number of aromatic nitrogens is 1. The third-order valence-electron chi connectivity index (χ3n) is 1.73. The molecule has 0 amide bonds. The van der Waals surface area contributed by atoms with Crippen molar-refractivity contribution in [2.24, 2.45) is 0 Å². The minimum atomic E-state index is 0.289. The normalized spacial score (nSPS) is 10.6. The van der Waals surface area contributed by atoms with E-state index in [0.29, 0.717) is 0 Å². The van der Waals surface area contributed by atoms with E-state index in [9.17, 15) is 0 Å². The molecule has 1 rings (SSSR count). The lowest BCUT2D eigenvalue weighted by molar-refractivity contribution is 0.283. The molecule has 0 atom stereocenters. The molecule has 0 aliphatic carbocycles. The van der Waals surface area contributed by atoms with Crippen LogP contribution < -0.4 is 5.32 Å². The molecule has 0 saturated heterocycles. The van der Waals surface area contributed by atoms with E-state index in [2.05, 4.69) is 15.7 Å². The van der Waals surface area contributed by atoms with E-state index >= 15 is 0 Å². The van der Waals surface area contributed by atoms with Gasteiger partial charge in [0.1, 0.15) is 0 Å². The molecule has 0 bridgehead atoms. The molecule has 1 aromatic rings. The quantitative estimate of drug-likeness (QED) is 0.681. The van der Waals surface area contributed by atoms with Crippen molar-refractivity contribution >= 4 is 11.3 Å². The van der Waals surface area contributed by atoms with E-state index in [-0.39, 0.29) is 6.61 Å². The van der Waals surface area contributed by atoms with Gasteiger partial charge < -0.3 is 10.4 Å². The standard InChI is InChI=1S/C9H16N2OS/c1-8-11-9(7-13-8)6-10-4-2-3-5-12/h7,10,12H,2-6H2,1H3. The number of hydrogen-bond donors (Lipinski definition) is 2. The summed E-state index contributed by atoms with van der Waals surface area (Å²) in [7, 11) is 0. The Balaban J connectivity index is 2.06. The summed E-state index contributed by atoms with van der Waals surface area (Å²) in [5.74, 6) is 0. The predicted octanol–water partition coefficient (Wildman–Crippen LogP) is 1.31. The van der Waals surface area contributed by atoms with Gasteiger partial charge in [0.2, 0.25) is 0 Å².